The molecule has 0 saturated heterocycles. The molecule has 96 valence electrons. The largest absolute Gasteiger partial charge is 0.329 e. The molecule has 1 atom stereocenters. The van der Waals surface area contributed by atoms with Crippen molar-refractivity contribution < 1.29 is 0 Å². The molecular formula is C15H26N2. The summed E-state index contributed by atoms with van der Waals surface area (Å²) in [6.07, 6.45) is 1.16. The Balaban J connectivity index is 2.66. The zero-order valence-electron chi connectivity index (χ0n) is 11.6. The van der Waals surface area contributed by atoms with Gasteiger partial charge < -0.3 is 5.73 Å². The third kappa shape index (κ3) is 4.49. The summed E-state index contributed by atoms with van der Waals surface area (Å²) >= 11 is 0. The quantitative estimate of drug-likeness (QED) is 0.820. The standard InChI is InChI=1S/C15H26N2/c1-12(2)11-14-5-7-15(8-6-14)13(3)17(4)10-9-16/h5-8,12-13H,9-11,16H2,1-4H3. The van der Waals surface area contributed by atoms with Crippen LogP contribution in [0.5, 0.6) is 0 Å². The van der Waals surface area contributed by atoms with E-state index >= 15 is 0 Å². The first-order chi connectivity index (χ1) is 8.04. The maximum Gasteiger partial charge on any atom is 0.0317 e. The Labute approximate surface area is 106 Å². The highest BCUT2D eigenvalue weighted by atomic mass is 15.1. The Hall–Kier alpha value is -0.860. The molecule has 0 aliphatic rings. The Morgan fingerprint density at radius 1 is 1.12 bits per heavy atom. The van der Waals surface area contributed by atoms with E-state index in [2.05, 4.69) is 57.0 Å². The number of rotatable bonds is 6. The lowest BCUT2D eigenvalue weighted by Gasteiger charge is -2.24. The molecule has 0 bridgehead atoms. The van der Waals surface area contributed by atoms with Gasteiger partial charge in [0.05, 0.1) is 0 Å². The minimum atomic E-state index is 0.437. The van der Waals surface area contributed by atoms with Crippen LogP contribution >= 0.6 is 0 Å². The van der Waals surface area contributed by atoms with Crippen LogP contribution in [0.2, 0.25) is 0 Å². The van der Waals surface area contributed by atoms with Gasteiger partial charge in [0.25, 0.3) is 0 Å². The van der Waals surface area contributed by atoms with Crippen molar-refractivity contribution in [1.29, 1.82) is 0 Å². The summed E-state index contributed by atoms with van der Waals surface area (Å²) in [6, 6.07) is 9.43. The third-order valence-corrected chi connectivity index (χ3v) is 3.25. The first-order valence-electron chi connectivity index (χ1n) is 6.53. The van der Waals surface area contributed by atoms with Gasteiger partial charge in [0.2, 0.25) is 0 Å². The van der Waals surface area contributed by atoms with Crippen LogP contribution in [0.25, 0.3) is 0 Å². The minimum absolute atomic E-state index is 0.437. The fourth-order valence-corrected chi connectivity index (χ4v) is 2.06. The monoisotopic (exact) mass is 234 g/mol. The molecule has 1 aromatic rings. The molecule has 1 aromatic carbocycles. The number of hydrogen-bond donors (Lipinski definition) is 1. The van der Waals surface area contributed by atoms with Crippen LogP contribution in [0.15, 0.2) is 24.3 Å². The second-order valence-electron chi connectivity index (χ2n) is 5.28. The van der Waals surface area contributed by atoms with Gasteiger partial charge in [0, 0.05) is 19.1 Å². The van der Waals surface area contributed by atoms with Crippen molar-refractivity contribution in [3.8, 4) is 0 Å². The highest BCUT2D eigenvalue weighted by molar-refractivity contribution is 5.25. The molecule has 2 N–H and O–H groups in total. The summed E-state index contributed by atoms with van der Waals surface area (Å²) in [6.45, 7) is 8.39. The molecule has 0 radical (unpaired) electrons. The highest BCUT2D eigenvalue weighted by Crippen LogP contribution is 2.19. The Morgan fingerprint density at radius 2 is 1.71 bits per heavy atom. The maximum absolute atomic E-state index is 5.58. The third-order valence-electron chi connectivity index (χ3n) is 3.25. The number of hydrogen-bond acceptors (Lipinski definition) is 2. The molecular weight excluding hydrogens is 208 g/mol. The molecule has 0 spiro atoms. The average molecular weight is 234 g/mol. The highest BCUT2D eigenvalue weighted by Gasteiger charge is 2.10. The van der Waals surface area contributed by atoms with Crippen molar-refractivity contribution >= 4 is 0 Å². The van der Waals surface area contributed by atoms with Crippen LogP contribution in [0.4, 0.5) is 0 Å². The van der Waals surface area contributed by atoms with E-state index in [1.54, 1.807) is 0 Å². The molecule has 0 aliphatic carbocycles. The van der Waals surface area contributed by atoms with Crippen LogP contribution in [0, 0.1) is 5.92 Å². The molecule has 0 aliphatic heterocycles. The molecule has 1 rings (SSSR count). The van der Waals surface area contributed by atoms with Crippen molar-refractivity contribution in [2.24, 2.45) is 11.7 Å². The lowest BCUT2D eigenvalue weighted by molar-refractivity contribution is 0.269. The van der Waals surface area contributed by atoms with E-state index in [0.717, 1.165) is 18.9 Å². The summed E-state index contributed by atoms with van der Waals surface area (Å²) in [5.41, 5.74) is 8.38. The first kappa shape index (κ1) is 14.2. The van der Waals surface area contributed by atoms with Gasteiger partial charge in [-0.1, -0.05) is 38.1 Å². The van der Waals surface area contributed by atoms with Gasteiger partial charge in [-0.25, -0.2) is 0 Å². The summed E-state index contributed by atoms with van der Waals surface area (Å²) in [4.78, 5) is 2.29. The van der Waals surface area contributed by atoms with Gasteiger partial charge in [-0.15, -0.1) is 0 Å². The minimum Gasteiger partial charge on any atom is -0.329 e. The smallest absolute Gasteiger partial charge is 0.0317 e. The van der Waals surface area contributed by atoms with Crippen molar-refractivity contribution in [3.63, 3.8) is 0 Å². The van der Waals surface area contributed by atoms with Gasteiger partial charge in [-0.2, -0.15) is 0 Å². The van der Waals surface area contributed by atoms with E-state index < -0.39 is 0 Å². The molecule has 17 heavy (non-hydrogen) atoms. The van der Waals surface area contributed by atoms with E-state index in [1.807, 2.05) is 0 Å². The fraction of sp³-hybridized carbons (Fsp3) is 0.600. The second kappa shape index (κ2) is 6.77. The predicted octanol–water partition coefficient (Wildman–Crippen LogP) is 2.84. The van der Waals surface area contributed by atoms with Gasteiger partial charge >= 0.3 is 0 Å². The van der Waals surface area contributed by atoms with Gasteiger partial charge in [-0.05, 0) is 37.4 Å². The molecule has 0 aromatic heterocycles. The SMILES string of the molecule is CC(C)Cc1ccc(C(C)N(C)CCN)cc1. The molecule has 2 nitrogen and oxygen atoms in total. The fourth-order valence-electron chi connectivity index (χ4n) is 2.06. The zero-order valence-corrected chi connectivity index (χ0v) is 11.6. The van der Waals surface area contributed by atoms with Gasteiger partial charge in [-0.3, -0.25) is 4.90 Å². The van der Waals surface area contributed by atoms with Crippen molar-refractivity contribution in [2.45, 2.75) is 33.2 Å². The van der Waals surface area contributed by atoms with Crippen molar-refractivity contribution in [3.05, 3.63) is 35.4 Å². The maximum atomic E-state index is 5.58. The molecule has 0 saturated carbocycles. The van der Waals surface area contributed by atoms with Crippen molar-refractivity contribution in [2.75, 3.05) is 20.1 Å². The zero-order chi connectivity index (χ0) is 12.8. The number of nitrogens with two attached hydrogens (primary N) is 1. The van der Waals surface area contributed by atoms with E-state index in [-0.39, 0.29) is 0 Å². The van der Waals surface area contributed by atoms with Crippen LogP contribution in [-0.2, 0) is 6.42 Å². The average Bonchev–Trinajstić information content (AvgIpc) is 2.28. The molecule has 0 amide bonds. The van der Waals surface area contributed by atoms with E-state index in [0.29, 0.717) is 12.6 Å². The van der Waals surface area contributed by atoms with Gasteiger partial charge in [0.1, 0.15) is 0 Å². The predicted molar refractivity (Wildman–Crippen MR) is 75.1 cm³/mol. The Morgan fingerprint density at radius 3 is 2.18 bits per heavy atom. The first-order valence-corrected chi connectivity index (χ1v) is 6.53. The topological polar surface area (TPSA) is 29.3 Å². The summed E-state index contributed by atoms with van der Waals surface area (Å²) in [5.74, 6) is 0.721. The molecule has 2 heteroatoms. The second-order valence-corrected chi connectivity index (χ2v) is 5.28. The molecule has 0 fully saturated rings. The van der Waals surface area contributed by atoms with Crippen LogP contribution in [-0.4, -0.2) is 25.0 Å². The van der Waals surface area contributed by atoms with Gasteiger partial charge in [0.15, 0.2) is 0 Å². The number of nitrogens with zero attached hydrogens (tertiary/aromatic N) is 1. The van der Waals surface area contributed by atoms with Crippen LogP contribution in [0.1, 0.15) is 37.9 Å². The Kier molecular flexibility index (Phi) is 5.66. The number of benzene rings is 1. The molecule has 1 unspecified atom stereocenters. The van der Waals surface area contributed by atoms with E-state index in [1.165, 1.54) is 11.1 Å². The summed E-state index contributed by atoms with van der Waals surface area (Å²) < 4.78 is 0. The van der Waals surface area contributed by atoms with Crippen molar-refractivity contribution in [1.82, 2.24) is 4.90 Å². The lowest BCUT2D eigenvalue weighted by atomic mass is 9.99. The molecule has 0 heterocycles. The normalized spacial score (nSPS) is 13.4. The number of likely N-dealkylation sites (N-methyl/N-ethyl adjacent to an activating group) is 1. The van der Waals surface area contributed by atoms with E-state index in [4.69, 9.17) is 5.73 Å². The Bertz CT molecular complexity index is 316. The summed E-state index contributed by atoms with van der Waals surface area (Å²) in [5, 5.41) is 0. The lowest BCUT2D eigenvalue weighted by Crippen LogP contribution is -2.28. The summed E-state index contributed by atoms with van der Waals surface area (Å²) in [7, 11) is 2.12. The van der Waals surface area contributed by atoms with Crippen LogP contribution < -0.4 is 5.73 Å². The van der Waals surface area contributed by atoms with E-state index in [9.17, 15) is 0 Å². The van der Waals surface area contributed by atoms with Crippen LogP contribution in [0.3, 0.4) is 0 Å².